The molecule has 120 valence electrons. The number of ether oxygens (including phenoxy) is 1. The molecule has 2 N–H and O–H groups in total. The van der Waals surface area contributed by atoms with Gasteiger partial charge in [-0.2, -0.15) is 11.8 Å². The first kappa shape index (κ1) is 18.3. The molecule has 0 heterocycles. The third-order valence-electron chi connectivity index (χ3n) is 3.10. The Kier molecular flexibility index (Phi) is 10.3. The second-order valence-corrected chi connectivity index (χ2v) is 5.99. The van der Waals surface area contributed by atoms with Gasteiger partial charge in [0.2, 0.25) is 0 Å². The maximum absolute atomic E-state index is 13.3. The predicted molar refractivity (Wildman–Crippen MR) is 87.6 cm³/mol. The van der Waals surface area contributed by atoms with Crippen LogP contribution < -0.4 is 10.1 Å². The van der Waals surface area contributed by atoms with E-state index in [4.69, 9.17) is 4.74 Å². The molecule has 0 fully saturated rings. The number of unbranched alkanes of at least 4 members (excludes halogenated alkanes) is 3. The van der Waals surface area contributed by atoms with Gasteiger partial charge in [-0.1, -0.05) is 25.0 Å². The minimum atomic E-state index is -0.624. The Bertz CT molecular complexity index is 379. The number of aliphatic hydroxyl groups is 1. The predicted octanol–water partition coefficient (Wildman–Crippen LogP) is 3.08. The van der Waals surface area contributed by atoms with Gasteiger partial charge in [0.15, 0.2) is 11.6 Å². The first-order chi connectivity index (χ1) is 10.2. The lowest BCUT2D eigenvalue weighted by Crippen LogP contribution is -2.32. The lowest BCUT2D eigenvalue weighted by atomic mass is 10.2. The van der Waals surface area contributed by atoms with E-state index < -0.39 is 11.9 Å². The summed E-state index contributed by atoms with van der Waals surface area (Å²) in [5, 5.41) is 13.0. The molecule has 3 nitrogen and oxygen atoms in total. The molecule has 1 unspecified atom stereocenters. The molecule has 0 aliphatic rings. The van der Waals surface area contributed by atoms with E-state index in [2.05, 4.69) is 11.6 Å². The summed E-state index contributed by atoms with van der Waals surface area (Å²) in [5.41, 5.74) is 0. The van der Waals surface area contributed by atoms with Crippen molar-refractivity contribution in [3.63, 3.8) is 0 Å². The van der Waals surface area contributed by atoms with Gasteiger partial charge in [0.1, 0.15) is 12.7 Å². The fourth-order valence-electron chi connectivity index (χ4n) is 1.93. The molecule has 0 aromatic heterocycles. The maximum Gasteiger partial charge on any atom is 0.165 e. The Morgan fingerprint density at radius 3 is 2.76 bits per heavy atom. The summed E-state index contributed by atoms with van der Waals surface area (Å²) < 4.78 is 18.5. The van der Waals surface area contributed by atoms with Gasteiger partial charge in [0.25, 0.3) is 0 Å². The van der Waals surface area contributed by atoms with Crippen LogP contribution in [-0.2, 0) is 0 Å². The van der Waals surface area contributed by atoms with Crippen molar-refractivity contribution in [3.8, 4) is 5.75 Å². The van der Waals surface area contributed by atoms with Crippen LogP contribution in [0.2, 0.25) is 0 Å². The number of rotatable bonds is 12. The molecule has 0 bridgehead atoms. The highest BCUT2D eigenvalue weighted by atomic mass is 32.2. The van der Waals surface area contributed by atoms with E-state index in [9.17, 15) is 9.50 Å². The first-order valence-corrected chi connectivity index (χ1v) is 8.88. The highest BCUT2D eigenvalue weighted by molar-refractivity contribution is 7.98. The lowest BCUT2D eigenvalue weighted by Gasteiger charge is -2.13. The molecule has 0 saturated carbocycles. The van der Waals surface area contributed by atoms with Crippen LogP contribution in [0.1, 0.15) is 25.7 Å². The van der Waals surface area contributed by atoms with Crippen molar-refractivity contribution in [1.29, 1.82) is 0 Å². The third kappa shape index (κ3) is 8.96. The highest BCUT2D eigenvalue weighted by Crippen LogP contribution is 2.15. The highest BCUT2D eigenvalue weighted by Gasteiger charge is 2.07. The van der Waals surface area contributed by atoms with E-state index in [1.807, 2.05) is 11.8 Å². The molecular formula is C16H26FNO2S. The summed E-state index contributed by atoms with van der Waals surface area (Å²) in [6, 6.07) is 6.22. The molecule has 0 amide bonds. The summed E-state index contributed by atoms with van der Waals surface area (Å²) in [5.74, 6) is 1.02. The van der Waals surface area contributed by atoms with Crippen molar-refractivity contribution in [2.24, 2.45) is 0 Å². The molecule has 0 aliphatic heterocycles. The van der Waals surface area contributed by atoms with Gasteiger partial charge in [-0.25, -0.2) is 4.39 Å². The van der Waals surface area contributed by atoms with E-state index in [0.717, 1.165) is 13.0 Å². The van der Waals surface area contributed by atoms with E-state index in [0.29, 0.717) is 6.54 Å². The van der Waals surface area contributed by atoms with Crippen LogP contribution in [0.4, 0.5) is 4.39 Å². The van der Waals surface area contributed by atoms with Crippen molar-refractivity contribution in [2.75, 3.05) is 31.7 Å². The number of hydrogen-bond acceptors (Lipinski definition) is 4. The van der Waals surface area contributed by atoms with E-state index in [1.165, 1.54) is 31.1 Å². The summed E-state index contributed by atoms with van der Waals surface area (Å²) in [7, 11) is 0. The average molecular weight is 315 g/mol. The van der Waals surface area contributed by atoms with Crippen molar-refractivity contribution < 1.29 is 14.2 Å². The third-order valence-corrected chi connectivity index (χ3v) is 3.80. The fraction of sp³-hybridized carbons (Fsp3) is 0.625. The first-order valence-electron chi connectivity index (χ1n) is 7.49. The van der Waals surface area contributed by atoms with Crippen LogP contribution in [0.3, 0.4) is 0 Å². The number of hydrogen-bond donors (Lipinski definition) is 2. The normalized spacial score (nSPS) is 12.3. The lowest BCUT2D eigenvalue weighted by molar-refractivity contribution is 0.104. The van der Waals surface area contributed by atoms with Crippen LogP contribution in [0.15, 0.2) is 24.3 Å². The summed E-state index contributed by atoms with van der Waals surface area (Å²) in [4.78, 5) is 0. The summed E-state index contributed by atoms with van der Waals surface area (Å²) >= 11 is 1.89. The van der Waals surface area contributed by atoms with Gasteiger partial charge in [0, 0.05) is 6.54 Å². The molecule has 0 radical (unpaired) electrons. The van der Waals surface area contributed by atoms with Crippen LogP contribution in [-0.4, -0.2) is 42.9 Å². The van der Waals surface area contributed by atoms with Crippen molar-refractivity contribution in [2.45, 2.75) is 31.8 Å². The quantitative estimate of drug-likeness (QED) is 0.582. The van der Waals surface area contributed by atoms with Gasteiger partial charge in [-0.15, -0.1) is 0 Å². The molecule has 1 rings (SSSR count). The van der Waals surface area contributed by atoms with Crippen LogP contribution >= 0.6 is 11.8 Å². The minimum absolute atomic E-state index is 0.0989. The Balaban J connectivity index is 1.99. The van der Waals surface area contributed by atoms with Gasteiger partial charge < -0.3 is 15.2 Å². The molecular weight excluding hydrogens is 289 g/mol. The summed E-state index contributed by atoms with van der Waals surface area (Å²) in [6.45, 7) is 1.47. The van der Waals surface area contributed by atoms with E-state index >= 15 is 0 Å². The second kappa shape index (κ2) is 11.8. The van der Waals surface area contributed by atoms with Crippen molar-refractivity contribution in [1.82, 2.24) is 5.32 Å². The molecule has 1 aromatic rings. The topological polar surface area (TPSA) is 41.5 Å². The monoisotopic (exact) mass is 315 g/mol. The molecule has 1 atom stereocenters. The average Bonchev–Trinajstić information content (AvgIpc) is 2.49. The molecule has 1 aromatic carbocycles. The van der Waals surface area contributed by atoms with E-state index in [-0.39, 0.29) is 12.4 Å². The van der Waals surface area contributed by atoms with Gasteiger partial charge in [-0.3, -0.25) is 0 Å². The molecule has 21 heavy (non-hydrogen) atoms. The Morgan fingerprint density at radius 2 is 2.00 bits per heavy atom. The molecule has 5 heteroatoms. The summed E-state index contributed by atoms with van der Waals surface area (Å²) in [6.07, 6.45) is 6.39. The Morgan fingerprint density at radius 1 is 1.24 bits per heavy atom. The molecule has 0 aliphatic carbocycles. The number of aliphatic hydroxyl groups excluding tert-OH is 1. The zero-order valence-corrected chi connectivity index (χ0v) is 13.5. The van der Waals surface area contributed by atoms with Crippen LogP contribution in [0, 0.1) is 5.82 Å². The SMILES string of the molecule is CSCCCCCCNCC(O)COc1ccccc1F. The van der Waals surface area contributed by atoms with Crippen molar-refractivity contribution in [3.05, 3.63) is 30.1 Å². The smallest absolute Gasteiger partial charge is 0.165 e. The van der Waals surface area contributed by atoms with Gasteiger partial charge in [-0.05, 0) is 43.5 Å². The zero-order chi connectivity index (χ0) is 15.3. The molecule has 0 spiro atoms. The minimum Gasteiger partial charge on any atom is -0.488 e. The number of benzene rings is 1. The second-order valence-electron chi connectivity index (χ2n) is 5.01. The zero-order valence-electron chi connectivity index (χ0n) is 12.7. The van der Waals surface area contributed by atoms with Crippen LogP contribution in [0.25, 0.3) is 0 Å². The van der Waals surface area contributed by atoms with Crippen LogP contribution in [0.5, 0.6) is 5.75 Å². The standard InChI is InChI=1S/C16H26FNO2S/c1-21-11-7-3-2-6-10-18-12-14(19)13-20-16-9-5-4-8-15(16)17/h4-5,8-9,14,18-19H,2-3,6-7,10-13H2,1H3. The number of halogens is 1. The van der Waals surface area contributed by atoms with Gasteiger partial charge >= 0.3 is 0 Å². The largest absolute Gasteiger partial charge is 0.488 e. The Labute approximate surface area is 131 Å². The molecule has 0 saturated heterocycles. The number of thioether (sulfide) groups is 1. The van der Waals surface area contributed by atoms with Crippen molar-refractivity contribution >= 4 is 11.8 Å². The number of para-hydroxylation sites is 1. The number of nitrogens with one attached hydrogen (secondary N) is 1. The van der Waals surface area contributed by atoms with Gasteiger partial charge in [0.05, 0.1) is 0 Å². The Hall–Kier alpha value is -0.780. The van der Waals surface area contributed by atoms with E-state index in [1.54, 1.807) is 18.2 Å². The fourth-order valence-corrected chi connectivity index (χ4v) is 2.42. The maximum atomic E-state index is 13.3.